The summed E-state index contributed by atoms with van der Waals surface area (Å²) in [6.07, 6.45) is 2.16. The zero-order chi connectivity index (χ0) is 20.5. The van der Waals surface area contributed by atoms with Crippen LogP contribution >= 0.6 is 11.3 Å². The van der Waals surface area contributed by atoms with E-state index in [9.17, 15) is 9.59 Å². The molecule has 7 nitrogen and oxygen atoms in total. The molecule has 0 fully saturated rings. The van der Waals surface area contributed by atoms with Crippen molar-refractivity contribution < 1.29 is 18.4 Å². The van der Waals surface area contributed by atoms with Gasteiger partial charge in [0.25, 0.3) is 5.91 Å². The first-order chi connectivity index (χ1) is 14.7. The number of fused-ring (bicyclic) bond motifs is 1. The molecular weight excluding hydrogens is 404 g/mol. The van der Waals surface area contributed by atoms with Crippen LogP contribution in [-0.4, -0.2) is 23.2 Å². The van der Waals surface area contributed by atoms with Crippen molar-refractivity contribution in [2.24, 2.45) is 5.10 Å². The Morgan fingerprint density at radius 2 is 2.10 bits per heavy atom. The number of amides is 1. The largest absolute Gasteiger partial charge is 0.484 e. The molecule has 0 spiro atoms. The van der Waals surface area contributed by atoms with Crippen molar-refractivity contribution in [3.63, 3.8) is 0 Å². The van der Waals surface area contributed by atoms with E-state index < -0.39 is 5.63 Å². The van der Waals surface area contributed by atoms with E-state index in [0.29, 0.717) is 23.5 Å². The van der Waals surface area contributed by atoms with Crippen molar-refractivity contribution in [1.82, 2.24) is 5.01 Å². The number of hydrogen-bond acceptors (Lipinski definition) is 7. The van der Waals surface area contributed by atoms with Gasteiger partial charge in [-0.25, -0.2) is 9.80 Å². The summed E-state index contributed by atoms with van der Waals surface area (Å²) in [7, 11) is 0. The third-order valence-corrected chi connectivity index (χ3v) is 5.77. The number of ether oxygens (including phenoxy) is 1. The molecule has 0 saturated heterocycles. The third-order valence-electron chi connectivity index (χ3n) is 4.80. The molecule has 1 unspecified atom stereocenters. The van der Waals surface area contributed by atoms with Crippen LogP contribution in [0.3, 0.4) is 0 Å². The van der Waals surface area contributed by atoms with E-state index in [1.54, 1.807) is 47.9 Å². The van der Waals surface area contributed by atoms with Gasteiger partial charge < -0.3 is 13.6 Å². The van der Waals surface area contributed by atoms with Gasteiger partial charge >= 0.3 is 5.63 Å². The van der Waals surface area contributed by atoms with E-state index in [2.05, 4.69) is 5.10 Å². The van der Waals surface area contributed by atoms with Crippen LogP contribution in [0.15, 0.2) is 85.0 Å². The van der Waals surface area contributed by atoms with Crippen LogP contribution in [-0.2, 0) is 4.79 Å². The van der Waals surface area contributed by atoms with Gasteiger partial charge in [0, 0.05) is 28.8 Å². The Morgan fingerprint density at radius 3 is 2.90 bits per heavy atom. The number of hydrogen-bond donors (Lipinski definition) is 0. The van der Waals surface area contributed by atoms with Crippen molar-refractivity contribution >= 4 is 33.9 Å². The normalized spacial score (nSPS) is 16.1. The third kappa shape index (κ3) is 3.53. The van der Waals surface area contributed by atoms with E-state index in [-0.39, 0.29) is 18.6 Å². The summed E-state index contributed by atoms with van der Waals surface area (Å²) in [5.74, 6) is 0.814. The summed E-state index contributed by atoms with van der Waals surface area (Å²) in [6.45, 7) is -0.195. The summed E-state index contributed by atoms with van der Waals surface area (Å²) in [6, 6.07) is 15.5. The highest BCUT2D eigenvalue weighted by atomic mass is 32.1. The van der Waals surface area contributed by atoms with Crippen LogP contribution < -0.4 is 10.4 Å². The molecule has 0 radical (unpaired) electrons. The molecule has 0 aliphatic carbocycles. The van der Waals surface area contributed by atoms with E-state index in [0.717, 1.165) is 16.0 Å². The molecule has 0 N–H and O–H groups in total. The lowest BCUT2D eigenvalue weighted by Gasteiger charge is -2.20. The Balaban J connectivity index is 1.36. The van der Waals surface area contributed by atoms with Gasteiger partial charge in [0.1, 0.15) is 22.8 Å². The Labute approximate surface area is 174 Å². The van der Waals surface area contributed by atoms with Gasteiger partial charge in [0.15, 0.2) is 6.61 Å². The fourth-order valence-corrected chi connectivity index (χ4v) is 4.19. The van der Waals surface area contributed by atoms with E-state index >= 15 is 0 Å². The molecule has 1 aliphatic rings. The average molecular weight is 420 g/mol. The van der Waals surface area contributed by atoms with Crippen molar-refractivity contribution in [3.8, 4) is 5.75 Å². The number of furan rings is 1. The average Bonchev–Trinajstić information content (AvgIpc) is 3.52. The van der Waals surface area contributed by atoms with Crippen LogP contribution in [0, 0.1) is 0 Å². The first kappa shape index (κ1) is 18.4. The van der Waals surface area contributed by atoms with Gasteiger partial charge in [-0.15, -0.1) is 11.3 Å². The monoisotopic (exact) mass is 420 g/mol. The quantitative estimate of drug-likeness (QED) is 0.452. The maximum atomic E-state index is 13.0. The second kappa shape index (κ2) is 7.64. The fraction of sp³-hybridized carbons (Fsp3) is 0.136. The minimum absolute atomic E-state index is 0.195. The van der Waals surface area contributed by atoms with Gasteiger partial charge in [-0.1, -0.05) is 6.07 Å². The summed E-state index contributed by atoms with van der Waals surface area (Å²) >= 11 is 1.58. The first-order valence-corrected chi connectivity index (χ1v) is 10.2. The Kier molecular flexibility index (Phi) is 4.68. The Morgan fingerprint density at radius 1 is 1.20 bits per heavy atom. The first-order valence-electron chi connectivity index (χ1n) is 9.31. The Bertz CT molecular complexity index is 1270. The van der Waals surface area contributed by atoms with E-state index in [1.165, 1.54) is 11.1 Å². The molecule has 8 heteroatoms. The minimum Gasteiger partial charge on any atom is -0.484 e. The summed E-state index contributed by atoms with van der Waals surface area (Å²) in [5, 5.41) is 8.73. The molecule has 0 bridgehead atoms. The van der Waals surface area contributed by atoms with Crippen molar-refractivity contribution in [2.45, 2.75) is 12.5 Å². The molecule has 3 aromatic heterocycles. The molecule has 150 valence electrons. The van der Waals surface area contributed by atoms with Gasteiger partial charge in [-0.2, -0.15) is 5.10 Å². The van der Waals surface area contributed by atoms with Crippen LogP contribution in [0.5, 0.6) is 5.75 Å². The Hall–Kier alpha value is -3.65. The van der Waals surface area contributed by atoms with Crippen molar-refractivity contribution in [2.75, 3.05) is 6.61 Å². The lowest BCUT2D eigenvalue weighted by Crippen LogP contribution is -2.31. The molecule has 30 heavy (non-hydrogen) atoms. The highest BCUT2D eigenvalue weighted by Crippen LogP contribution is 2.35. The van der Waals surface area contributed by atoms with Gasteiger partial charge in [-0.05, 0) is 41.8 Å². The number of thiophene rings is 1. The highest BCUT2D eigenvalue weighted by molar-refractivity contribution is 7.10. The molecule has 1 amide bonds. The standard InChI is InChI=1S/C22H16N2O5S/c25-21(13-28-15-7-5-14-6-8-22(26)29-19(14)11-15)24-17(20-4-2-10-30-20)12-16(23-24)18-3-1-9-27-18/h1-11,17H,12-13H2. The maximum Gasteiger partial charge on any atom is 0.336 e. The number of benzene rings is 1. The van der Waals surface area contributed by atoms with Crippen molar-refractivity contribution in [1.29, 1.82) is 0 Å². The molecule has 0 saturated carbocycles. The number of nitrogens with zero attached hydrogens (tertiary/aromatic N) is 2. The summed E-state index contributed by atoms with van der Waals surface area (Å²) in [4.78, 5) is 25.4. The van der Waals surface area contributed by atoms with Gasteiger partial charge in [0.2, 0.25) is 0 Å². The van der Waals surface area contributed by atoms with E-state index in [1.807, 2.05) is 23.6 Å². The molecule has 1 aromatic carbocycles. The minimum atomic E-state index is -0.439. The number of carbonyl (C=O) groups is 1. The topological polar surface area (TPSA) is 85.3 Å². The van der Waals surface area contributed by atoms with Crippen LogP contribution in [0.1, 0.15) is 23.1 Å². The fourth-order valence-electron chi connectivity index (χ4n) is 3.38. The predicted octanol–water partition coefficient (Wildman–Crippen LogP) is 4.20. The van der Waals surface area contributed by atoms with Crippen LogP contribution in [0.2, 0.25) is 0 Å². The number of carbonyl (C=O) groups excluding carboxylic acids is 1. The molecule has 5 rings (SSSR count). The number of rotatable bonds is 5. The zero-order valence-corrected chi connectivity index (χ0v) is 16.5. The summed E-state index contributed by atoms with van der Waals surface area (Å²) in [5.41, 5.74) is 0.689. The van der Waals surface area contributed by atoms with Crippen LogP contribution in [0.25, 0.3) is 11.0 Å². The second-order valence-electron chi connectivity index (χ2n) is 6.74. The highest BCUT2D eigenvalue weighted by Gasteiger charge is 2.34. The smallest absolute Gasteiger partial charge is 0.336 e. The lowest BCUT2D eigenvalue weighted by atomic mass is 10.1. The van der Waals surface area contributed by atoms with Crippen LogP contribution in [0.4, 0.5) is 0 Å². The molecular formula is C22H16N2O5S. The second-order valence-corrected chi connectivity index (χ2v) is 7.72. The van der Waals surface area contributed by atoms with E-state index in [4.69, 9.17) is 13.6 Å². The van der Waals surface area contributed by atoms with Crippen molar-refractivity contribution in [3.05, 3.63) is 87.3 Å². The molecule has 1 atom stereocenters. The number of hydrazone groups is 1. The molecule has 1 aliphatic heterocycles. The summed E-state index contributed by atoms with van der Waals surface area (Å²) < 4.78 is 16.3. The predicted molar refractivity (Wildman–Crippen MR) is 112 cm³/mol. The van der Waals surface area contributed by atoms with Gasteiger partial charge in [-0.3, -0.25) is 4.79 Å². The van der Waals surface area contributed by atoms with Gasteiger partial charge in [0.05, 0.1) is 12.3 Å². The lowest BCUT2D eigenvalue weighted by molar-refractivity contribution is -0.135. The molecule has 4 aromatic rings. The zero-order valence-electron chi connectivity index (χ0n) is 15.7. The molecule has 4 heterocycles. The SMILES string of the molecule is O=C(COc1ccc2ccc(=O)oc2c1)N1N=C(c2ccco2)CC1c1cccs1. The maximum absolute atomic E-state index is 13.0.